The molecular formula is C22H16F4N2O3S2. The first-order chi connectivity index (χ1) is 15.7. The number of amides is 2. The van der Waals surface area contributed by atoms with E-state index < -0.39 is 30.1 Å². The summed E-state index contributed by atoms with van der Waals surface area (Å²) in [6, 6.07) is 10.4. The summed E-state index contributed by atoms with van der Waals surface area (Å²) in [5.41, 5.74) is -0.197. The van der Waals surface area contributed by atoms with Crippen molar-refractivity contribution in [3.05, 3.63) is 75.1 Å². The van der Waals surface area contributed by atoms with Gasteiger partial charge in [-0.25, -0.2) is 0 Å². The van der Waals surface area contributed by atoms with E-state index in [1.807, 2.05) is 11.4 Å². The Hall–Kier alpha value is -3.44. The van der Waals surface area contributed by atoms with Gasteiger partial charge in [0.05, 0.1) is 5.69 Å². The van der Waals surface area contributed by atoms with Gasteiger partial charge in [0.15, 0.2) is 0 Å². The van der Waals surface area contributed by atoms with Gasteiger partial charge in [-0.2, -0.15) is 17.6 Å². The number of alkyl halides is 4. The summed E-state index contributed by atoms with van der Waals surface area (Å²) in [7, 11) is 0. The maximum Gasteiger partial charge on any atom is 0.461 e. The van der Waals surface area contributed by atoms with Gasteiger partial charge in [0.25, 0.3) is 0 Å². The van der Waals surface area contributed by atoms with Crippen LogP contribution in [-0.4, -0.2) is 24.3 Å². The lowest BCUT2D eigenvalue weighted by Crippen LogP contribution is -2.33. The first-order valence-electron chi connectivity index (χ1n) is 9.27. The molecule has 0 unspecified atom stereocenters. The number of thiophene rings is 2. The molecule has 0 radical (unpaired) electrons. The zero-order valence-corrected chi connectivity index (χ0v) is 18.3. The molecule has 0 aliphatic heterocycles. The lowest BCUT2D eigenvalue weighted by Gasteiger charge is -2.19. The lowest BCUT2D eigenvalue weighted by atomic mass is 10.2. The largest absolute Gasteiger partial charge is 0.461 e. The Morgan fingerprint density at radius 1 is 0.909 bits per heavy atom. The number of hydrogen-bond acceptors (Lipinski definition) is 5. The van der Waals surface area contributed by atoms with E-state index in [4.69, 9.17) is 0 Å². The van der Waals surface area contributed by atoms with Crippen LogP contribution in [0.15, 0.2) is 65.4 Å². The molecule has 0 saturated carbocycles. The molecule has 0 bridgehead atoms. The number of ether oxygens (including phenoxy) is 1. The summed E-state index contributed by atoms with van der Waals surface area (Å²) >= 11 is 2.80. The molecule has 0 aliphatic carbocycles. The van der Waals surface area contributed by atoms with E-state index >= 15 is 0 Å². The van der Waals surface area contributed by atoms with Crippen LogP contribution in [0.3, 0.4) is 0 Å². The molecule has 11 heteroatoms. The van der Waals surface area contributed by atoms with Crippen LogP contribution >= 0.6 is 22.7 Å². The number of hydrogen-bond donors (Lipinski definition) is 2. The van der Waals surface area contributed by atoms with Gasteiger partial charge in [0.2, 0.25) is 11.8 Å². The van der Waals surface area contributed by atoms with E-state index in [0.717, 1.165) is 28.0 Å². The van der Waals surface area contributed by atoms with Crippen molar-refractivity contribution in [2.45, 2.75) is 12.5 Å². The molecular weight excluding hydrogens is 480 g/mol. The van der Waals surface area contributed by atoms with Crippen molar-refractivity contribution >= 4 is 58.0 Å². The van der Waals surface area contributed by atoms with E-state index in [9.17, 15) is 27.2 Å². The van der Waals surface area contributed by atoms with Gasteiger partial charge in [0.1, 0.15) is 5.75 Å². The van der Waals surface area contributed by atoms with Crippen molar-refractivity contribution in [3.63, 3.8) is 0 Å². The highest BCUT2D eigenvalue weighted by Gasteiger charge is 2.44. The molecule has 2 N–H and O–H groups in total. The SMILES string of the molecule is O=C(/C=C/c1cccs1)Nc1ccc(OC(F)(F)C(F)F)c(NC(=O)/C=C/c2cccs2)c1. The van der Waals surface area contributed by atoms with Crippen molar-refractivity contribution in [2.75, 3.05) is 10.6 Å². The fourth-order valence-corrected chi connectivity index (χ4v) is 3.67. The third-order valence-corrected chi connectivity index (χ3v) is 5.56. The molecule has 3 rings (SSSR count). The fourth-order valence-electron chi connectivity index (χ4n) is 2.43. The maximum atomic E-state index is 13.5. The van der Waals surface area contributed by atoms with Crippen LogP contribution in [0.4, 0.5) is 28.9 Å². The Morgan fingerprint density at radius 3 is 2.00 bits per heavy atom. The number of carbonyl (C=O) groups is 2. The zero-order valence-electron chi connectivity index (χ0n) is 16.6. The smallest absolute Gasteiger partial charge is 0.426 e. The van der Waals surface area contributed by atoms with Gasteiger partial charge in [-0.1, -0.05) is 12.1 Å². The first kappa shape index (κ1) is 24.2. The maximum absolute atomic E-state index is 13.5. The second kappa shape index (κ2) is 10.9. The second-order valence-electron chi connectivity index (χ2n) is 6.35. The first-order valence-corrected chi connectivity index (χ1v) is 11.0. The van der Waals surface area contributed by atoms with Crippen molar-refractivity contribution < 1.29 is 31.9 Å². The minimum Gasteiger partial charge on any atom is -0.426 e. The number of carbonyl (C=O) groups excluding carboxylic acids is 2. The minimum atomic E-state index is -4.78. The molecule has 1 aromatic carbocycles. The molecule has 0 atom stereocenters. The highest BCUT2D eigenvalue weighted by Crippen LogP contribution is 2.34. The predicted molar refractivity (Wildman–Crippen MR) is 122 cm³/mol. The number of halogens is 4. The summed E-state index contributed by atoms with van der Waals surface area (Å²) < 4.78 is 56.2. The molecule has 0 saturated heterocycles. The highest BCUT2D eigenvalue weighted by atomic mass is 32.1. The monoisotopic (exact) mass is 496 g/mol. The van der Waals surface area contributed by atoms with Gasteiger partial charge < -0.3 is 15.4 Å². The van der Waals surface area contributed by atoms with Crippen LogP contribution < -0.4 is 15.4 Å². The van der Waals surface area contributed by atoms with Crippen molar-refractivity contribution in [1.29, 1.82) is 0 Å². The quantitative estimate of drug-likeness (QED) is 0.268. The predicted octanol–water partition coefficient (Wildman–Crippen LogP) is 6.35. The average molecular weight is 497 g/mol. The normalized spacial score (nSPS) is 11.9. The molecule has 5 nitrogen and oxygen atoms in total. The number of nitrogens with one attached hydrogen (secondary N) is 2. The molecule has 172 valence electrons. The van der Waals surface area contributed by atoms with Crippen LogP contribution in [0.1, 0.15) is 9.75 Å². The number of anilines is 2. The number of benzene rings is 1. The molecule has 33 heavy (non-hydrogen) atoms. The third kappa shape index (κ3) is 7.29. The van der Waals surface area contributed by atoms with Crippen LogP contribution in [0.25, 0.3) is 12.2 Å². The summed E-state index contributed by atoms with van der Waals surface area (Å²) in [4.78, 5) is 26.0. The molecule has 0 spiro atoms. The van der Waals surface area contributed by atoms with Gasteiger partial charge >= 0.3 is 12.5 Å². The summed E-state index contributed by atoms with van der Waals surface area (Å²) in [6.07, 6.45) is -3.37. The standard InChI is InChI=1S/C22H16F4N2O3S2/c23-21(24)22(25,26)31-18-8-5-14(27-19(29)9-6-15-3-1-11-32-15)13-17(18)28-20(30)10-7-16-4-2-12-33-16/h1-13,21H,(H,27,29)(H,28,30)/b9-6+,10-7+. The van der Waals surface area contributed by atoms with E-state index in [2.05, 4.69) is 15.4 Å². The summed E-state index contributed by atoms with van der Waals surface area (Å²) in [5, 5.41) is 8.46. The molecule has 0 aliphatic rings. The zero-order chi connectivity index (χ0) is 23.8. The molecule has 2 amide bonds. The Labute approximate surface area is 194 Å². The van der Waals surface area contributed by atoms with Gasteiger partial charge in [-0.3, -0.25) is 9.59 Å². The number of rotatable bonds is 9. The van der Waals surface area contributed by atoms with Crippen LogP contribution in [-0.2, 0) is 9.59 Å². The molecule has 2 aromatic heterocycles. The Morgan fingerprint density at radius 2 is 1.48 bits per heavy atom. The fraction of sp³-hybridized carbons (Fsp3) is 0.0909. The molecule has 3 aromatic rings. The second-order valence-corrected chi connectivity index (χ2v) is 8.31. The Bertz CT molecular complexity index is 1140. The topological polar surface area (TPSA) is 67.4 Å². The Kier molecular flexibility index (Phi) is 8.01. The van der Waals surface area contributed by atoms with Crippen LogP contribution in [0.5, 0.6) is 5.75 Å². The third-order valence-electron chi connectivity index (χ3n) is 3.89. The van der Waals surface area contributed by atoms with Crippen molar-refractivity contribution in [3.8, 4) is 5.75 Å². The highest BCUT2D eigenvalue weighted by molar-refractivity contribution is 7.11. The van der Waals surface area contributed by atoms with E-state index in [1.54, 1.807) is 29.7 Å². The lowest BCUT2D eigenvalue weighted by molar-refractivity contribution is -0.252. The Balaban J connectivity index is 1.79. The van der Waals surface area contributed by atoms with Crippen molar-refractivity contribution in [1.82, 2.24) is 0 Å². The summed E-state index contributed by atoms with van der Waals surface area (Å²) in [6.45, 7) is 0. The molecule has 2 heterocycles. The van der Waals surface area contributed by atoms with E-state index in [-0.39, 0.29) is 11.4 Å². The summed E-state index contributed by atoms with van der Waals surface area (Å²) in [5.74, 6) is -1.93. The van der Waals surface area contributed by atoms with Gasteiger partial charge in [-0.15, -0.1) is 22.7 Å². The van der Waals surface area contributed by atoms with E-state index in [0.29, 0.717) is 0 Å². The average Bonchev–Trinajstić information content (AvgIpc) is 3.46. The minimum absolute atomic E-state index is 0.126. The van der Waals surface area contributed by atoms with Crippen LogP contribution in [0, 0.1) is 0 Å². The van der Waals surface area contributed by atoms with E-state index in [1.165, 1.54) is 40.9 Å². The van der Waals surface area contributed by atoms with Crippen molar-refractivity contribution in [2.24, 2.45) is 0 Å². The van der Waals surface area contributed by atoms with Gasteiger partial charge in [0, 0.05) is 27.6 Å². The van der Waals surface area contributed by atoms with Gasteiger partial charge in [-0.05, 0) is 53.2 Å². The van der Waals surface area contributed by atoms with Crippen LogP contribution in [0.2, 0.25) is 0 Å². The molecule has 0 fully saturated rings.